The first-order valence-electron chi connectivity index (χ1n) is 14.1. The van der Waals surface area contributed by atoms with Gasteiger partial charge in [0.15, 0.2) is 0 Å². The van der Waals surface area contributed by atoms with Crippen molar-refractivity contribution in [3.8, 4) is 0 Å². The van der Waals surface area contributed by atoms with Crippen LogP contribution in [0.2, 0.25) is 12.1 Å². The lowest BCUT2D eigenvalue weighted by Gasteiger charge is -2.34. The molecular formula is C28H40N2O6S8Si2. The molecule has 18 heteroatoms. The van der Waals surface area contributed by atoms with Gasteiger partial charge in [-0.3, -0.25) is 0 Å². The highest BCUT2D eigenvalue weighted by atomic mass is 33.9. The van der Waals surface area contributed by atoms with Gasteiger partial charge >= 0.3 is 17.6 Å². The third-order valence-corrected chi connectivity index (χ3v) is 27.9. The molecule has 0 bridgehead atoms. The second-order valence-corrected chi connectivity index (χ2v) is 28.3. The average molecular weight is 813 g/mol. The average Bonchev–Trinajstić information content (AvgIpc) is 3.74. The smallest absolute Gasteiger partial charge is 0.377 e. The van der Waals surface area contributed by atoms with Crippen LogP contribution in [0.5, 0.6) is 0 Å². The summed E-state index contributed by atoms with van der Waals surface area (Å²) in [7, 11) is 15.0. The van der Waals surface area contributed by atoms with E-state index < -0.39 is 17.6 Å². The minimum atomic E-state index is -2.86. The SMILES string of the molecule is CO[Si](CC(C)(CSSSSSSCC(C)(C[Si](OC)(OC)OC)c1nc2ccccc2s1)c1nc2ccccc2s1)(OC)OC. The first-order valence-corrected chi connectivity index (χ1v) is 27.4. The number of rotatable bonds is 21. The van der Waals surface area contributed by atoms with E-state index in [1.54, 1.807) is 105 Å². The first kappa shape index (κ1) is 39.3. The van der Waals surface area contributed by atoms with Crippen LogP contribution in [0, 0.1) is 0 Å². The maximum absolute atomic E-state index is 5.84. The Hall–Kier alpha value is 0.514. The molecule has 2 aromatic heterocycles. The van der Waals surface area contributed by atoms with Crippen LogP contribution in [0.3, 0.4) is 0 Å². The van der Waals surface area contributed by atoms with Crippen LogP contribution in [0.4, 0.5) is 0 Å². The molecule has 0 aliphatic heterocycles. The minimum absolute atomic E-state index is 0.289. The number of aromatic nitrogens is 2. The van der Waals surface area contributed by atoms with Crippen molar-refractivity contribution in [2.75, 3.05) is 54.2 Å². The molecule has 2 atom stereocenters. The molecule has 0 saturated heterocycles. The maximum Gasteiger partial charge on any atom is 0.501 e. The van der Waals surface area contributed by atoms with Gasteiger partial charge < -0.3 is 26.6 Å². The molecule has 2 heterocycles. The number of para-hydroxylation sites is 2. The molecule has 0 amide bonds. The van der Waals surface area contributed by atoms with E-state index in [0.717, 1.165) is 32.6 Å². The van der Waals surface area contributed by atoms with Crippen LogP contribution in [0.15, 0.2) is 48.5 Å². The largest absolute Gasteiger partial charge is 0.501 e. The Bertz CT molecular complexity index is 1330. The summed E-state index contributed by atoms with van der Waals surface area (Å²) in [5.74, 6) is 1.67. The second kappa shape index (κ2) is 18.1. The number of hydrogen-bond acceptors (Lipinski definition) is 16. The quantitative estimate of drug-likeness (QED) is 0.0455. The molecular weight excluding hydrogens is 773 g/mol. The topological polar surface area (TPSA) is 81.2 Å². The maximum atomic E-state index is 5.84. The van der Waals surface area contributed by atoms with E-state index in [4.69, 9.17) is 36.5 Å². The van der Waals surface area contributed by atoms with Gasteiger partial charge in [-0.15, -0.1) is 22.7 Å². The molecule has 0 aliphatic rings. The monoisotopic (exact) mass is 812 g/mol. The van der Waals surface area contributed by atoms with Crippen LogP contribution in [0.1, 0.15) is 23.9 Å². The van der Waals surface area contributed by atoms with Gasteiger partial charge in [0.1, 0.15) is 10.0 Å². The Morgan fingerprint density at radius 1 is 0.565 bits per heavy atom. The summed E-state index contributed by atoms with van der Waals surface area (Å²) in [6, 6.07) is 17.8. The van der Waals surface area contributed by atoms with E-state index in [0.29, 0.717) is 12.1 Å². The van der Waals surface area contributed by atoms with Crippen molar-refractivity contribution in [2.45, 2.75) is 36.8 Å². The number of nitrogens with zero attached hydrogens (tertiary/aromatic N) is 2. The predicted octanol–water partition coefficient (Wildman–Crippen LogP) is 9.85. The predicted molar refractivity (Wildman–Crippen MR) is 212 cm³/mol. The Kier molecular flexibility index (Phi) is 15.5. The lowest BCUT2D eigenvalue weighted by atomic mass is 9.97. The number of benzene rings is 2. The van der Waals surface area contributed by atoms with E-state index in [-0.39, 0.29) is 10.8 Å². The normalized spacial score (nSPS) is 15.4. The van der Waals surface area contributed by atoms with Crippen LogP contribution in [0.25, 0.3) is 20.4 Å². The van der Waals surface area contributed by atoms with Crippen LogP contribution < -0.4 is 0 Å². The molecule has 2 unspecified atom stereocenters. The highest BCUT2D eigenvalue weighted by molar-refractivity contribution is 9.41. The van der Waals surface area contributed by atoms with E-state index in [1.807, 2.05) is 33.7 Å². The van der Waals surface area contributed by atoms with E-state index in [2.05, 4.69) is 50.2 Å². The molecule has 46 heavy (non-hydrogen) atoms. The third-order valence-electron chi connectivity index (χ3n) is 7.63. The molecule has 0 fully saturated rings. The van der Waals surface area contributed by atoms with Gasteiger partial charge in [-0.25, -0.2) is 9.97 Å². The van der Waals surface area contributed by atoms with Crippen molar-refractivity contribution >= 4 is 122 Å². The third kappa shape index (κ3) is 9.64. The molecule has 0 N–H and O–H groups in total. The van der Waals surface area contributed by atoms with Crippen molar-refractivity contribution < 1.29 is 26.6 Å². The summed E-state index contributed by atoms with van der Waals surface area (Å²) in [5.41, 5.74) is 1.46. The van der Waals surface area contributed by atoms with Gasteiger partial charge in [0.05, 0.1) is 20.4 Å². The molecule has 254 valence electrons. The van der Waals surface area contributed by atoms with Gasteiger partial charge in [-0.2, -0.15) is 0 Å². The van der Waals surface area contributed by atoms with Gasteiger partial charge in [-0.1, -0.05) is 59.7 Å². The second-order valence-electron chi connectivity index (χ2n) is 10.8. The molecule has 0 radical (unpaired) electrons. The van der Waals surface area contributed by atoms with Gasteiger partial charge in [-0.05, 0) is 63.6 Å². The molecule has 8 nitrogen and oxygen atoms in total. The van der Waals surface area contributed by atoms with Crippen LogP contribution in [-0.2, 0) is 37.4 Å². The summed E-state index contributed by atoms with van der Waals surface area (Å²) in [4.78, 5) is 10.0. The number of hydrogen-bond donors (Lipinski definition) is 0. The Morgan fingerprint density at radius 2 is 0.913 bits per heavy atom. The fourth-order valence-electron chi connectivity index (χ4n) is 4.90. The zero-order chi connectivity index (χ0) is 33.3. The number of thiazole rings is 2. The summed E-state index contributed by atoms with van der Waals surface area (Å²) >= 11 is 3.47. The number of fused-ring (bicyclic) bond motifs is 2. The Balaban J connectivity index is 1.35. The summed E-state index contributed by atoms with van der Waals surface area (Å²) < 4.78 is 37.4. The van der Waals surface area contributed by atoms with Crippen molar-refractivity contribution in [2.24, 2.45) is 0 Å². The fourth-order valence-corrected chi connectivity index (χ4v) is 24.7. The van der Waals surface area contributed by atoms with E-state index >= 15 is 0 Å². The summed E-state index contributed by atoms with van der Waals surface area (Å²) in [6.45, 7) is 4.48. The van der Waals surface area contributed by atoms with Crippen molar-refractivity contribution in [1.82, 2.24) is 9.97 Å². The van der Waals surface area contributed by atoms with Crippen LogP contribution in [-0.4, -0.2) is 81.7 Å². The molecule has 4 aromatic rings. The Morgan fingerprint density at radius 3 is 1.24 bits per heavy atom. The van der Waals surface area contributed by atoms with Gasteiger partial charge in [0, 0.05) is 77.1 Å². The molecule has 4 rings (SSSR count). The first-order chi connectivity index (χ1) is 22.1. The van der Waals surface area contributed by atoms with Crippen molar-refractivity contribution in [1.29, 1.82) is 0 Å². The summed E-state index contributed by atoms with van der Waals surface area (Å²) in [5, 5.41) is 2.15. The van der Waals surface area contributed by atoms with Gasteiger partial charge in [0.25, 0.3) is 0 Å². The molecule has 0 spiro atoms. The standard InChI is InChI=1S/C28H40N2O6S8Si2/c1-27(19-45(31-3,32-4)33-5,25-29-21-13-9-11-15-23(21)39-25)17-37-41-43-44-42-38-18-28(2,20-46(34-6,35-7)36-8)26-30-22-14-10-12-16-24(22)40-26/h9-16H,17-20H2,1-8H3. The van der Waals surface area contributed by atoms with Crippen molar-refractivity contribution in [3.05, 3.63) is 58.5 Å². The Labute approximate surface area is 305 Å². The fraction of sp³-hybridized carbons (Fsp3) is 0.500. The molecule has 0 saturated carbocycles. The zero-order valence-electron chi connectivity index (χ0n) is 27.1. The van der Waals surface area contributed by atoms with E-state index in [9.17, 15) is 0 Å². The highest BCUT2D eigenvalue weighted by Gasteiger charge is 2.49. The van der Waals surface area contributed by atoms with E-state index in [1.165, 1.54) is 9.40 Å². The lowest BCUT2D eigenvalue weighted by Crippen LogP contribution is -2.48. The summed E-state index contributed by atoms with van der Waals surface area (Å²) in [6.07, 6.45) is 0. The van der Waals surface area contributed by atoms with Crippen LogP contribution >= 0.6 is 83.6 Å². The highest BCUT2D eigenvalue weighted by Crippen LogP contribution is 2.55. The lowest BCUT2D eigenvalue weighted by molar-refractivity contribution is 0.117. The van der Waals surface area contributed by atoms with Gasteiger partial charge in [0.2, 0.25) is 0 Å². The zero-order valence-corrected chi connectivity index (χ0v) is 35.6. The molecule has 2 aromatic carbocycles. The van der Waals surface area contributed by atoms with Crippen molar-refractivity contribution in [3.63, 3.8) is 0 Å². The molecule has 0 aliphatic carbocycles. The minimum Gasteiger partial charge on any atom is -0.377 e.